The van der Waals surface area contributed by atoms with Crippen molar-refractivity contribution in [3.63, 3.8) is 0 Å². The zero-order chi connectivity index (χ0) is 26.1. The van der Waals surface area contributed by atoms with Crippen LogP contribution in [0.3, 0.4) is 0 Å². The van der Waals surface area contributed by atoms with E-state index in [2.05, 4.69) is 26.9 Å². The molecule has 35 heavy (non-hydrogen) atoms. The van der Waals surface area contributed by atoms with Gasteiger partial charge in [-0.3, -0.25) is 30.5 Å². The predicted octanol–water partition coefficient (Wildman–Crippen LogP) is 0.664. The van der Waals surface area contributed by atoms with E-state index in [0.717, 1.165) is 18.4 Å². The summed E-state index contributed by atoms with van der Waals surface area (Å²) in [5.41, 5.74) is 12.2. The van der Waals surface area contributed by atoms with Crippen molar-refractivity contribution in [3.05, 3.63) is 29.8 Å². The number of amides is 3. The highest BCUT2D eigenvalue weighted by atomic mass is 16.6. The quantitative estimate of drug-likeness (QED) is 0.0887. The van der Waals surface area contributed by atoms with Crippen molar-refractivity contribution in [2.75, 3.05) is 25.5 Å². The summed E-state index contributed by atoms with van der Waals surface area (Å²) < 4.78 is 0. The maximum atomic E-state index is 13.1. The Morgan fingerprint density at radius 3 is 2.29 bits per heavy atom. The number of hydrogen-bond acceptors (Lipinski definition) is 8. The zero-order valence-electron chi connectivity index (χ0n) is 21.2. The van der Waals surface area contributed by atoms with Gasteiger partial charge in [-0.1, -0.05) is 32.4 Å². The van der Waals surface area contributed by atoms with E-state index in [0.29, 0.717) is 51.1 Å². The minimum Gasteiger partial charge on any atom is -0.344 e. The lowest BCUT2D eigenvalue weighted by atomic mass is 10.0. The van der Waals surface area contributed by atoms with E-state index in [1.54, 1.807) is 19.2 Å². The van der Waals surface area contributed by atoms with Gasteiger partial charge < -0.3 is 21.7 Å². The summed E-state index contributed by atoms with van der Waals surface area (Å²) >= 11 is 0. The van der Waals surface area contributed by atoms with Gasteiger partial charge in [-0.2, -0.15) is 0 Å². The van der Waals surface area contributed by atoms with E-state index in [1.165, 1.54) is 0 Å². The number of rotatable bonds is 18. The summed E-state index contributed by atoms with van der Waals surface area (Å²) in [6.45, 7) is 5.19. The average Bonchev–Trinajstić information content (AvgIpc) is 2.84. The molecular weight excluding hydrogens is 450 g/mol. The molecule has 0 aliphatic rings. The molecule has 11 heteroatoms. The third kappa shape index (κ3) is 12.6. The summed E-state index contributed by atoms with van der Waals surface area (Å²) in [5, 5.41) is 8.48. The van der Waals surface area contributed by atoms with E-state index >= 15 is 0 Å². The van der Waals surface area contributed by atoms with Crippen LogP contribution in [0.2, 0.25) is 0 Å². The number of benzene rings is 1. The number of hydrogen-bond donors (Lipinski definition) is 7. The highest BCUT2D eigenvalue weighted by Crippen LogP contribution is 2.12. The van der Waals surface area contributed by atoms with Crippen LogP contribution >= 0.6 is 0 Å². The Balaban J connectivity index is 2.79. The molecule has 0 saturated carbocycles. The molecule has 0 radical (unpaired) electrons. The molecule has 11 nitrogen and oxygen atoms in total. The first kappa shape index (κ1) is 30.5. The van der Waals surface area contributed by atoms with Gasteiger partial charge >= 0.3 is 0 Å². The molecule has 0 fully saturated rings. The van der Waals surface area contributed by atoms with Crippen LogP contribution in [-0.4, -0.2) is 49.9 Å². The number of carbonyl (C=O) groups is 3. The number of nitrogens with one attached hydrogen (secondary N) is 5. The second-order valence-electron chi connectivity index (χ2n) is 8.73. The molecule has 1 unspecified atom stereocenters. The van der Waals surface area contributed by atoms with Gasteiger partial charge in [0, 0.05) is 25.7 Å². The first-order valence-electron chi connectivity index (χ1n) is 12.2. The molecule has 2 atom stereocenters. The maximum absolute atomic E-state index is 13.1. The van der Waals surface area contributed by atoms with Crippen molar-refractivity contribution in [2.24, 2.45) is 17.5 Å². The van der Waals surface area contributed by atoms with Crippen molar-refractivity contribution in [1.82, 2.24) is 21.5 Å². The number of anilines is 1. The molecule has 0 bridgehead atoms. The highest BCUT2D eigenvalue weighted by Gasteiger charge is 2.28. The van der Waals surface area contributed by atoms with E-state index in [9.17, 15) is 14.4 Å². The number of hydrazine groups is 1. The van der Waals surface area contributed by atoms with E-state index in [1.807, 2.05) is 26.0 Å². The second-order valence-corrected chi connectivity index (χ2v) is 8.73. The zero-order valence-corrected chi connectivity index (χ0v) is 21.2. The van der Waals surface area contributed by atoms with Gasteiger partial charge in [0.2, 0.25) is 17.7 Å². The lowest BCUT2D eigenvalue weighted by Gasteiger charge is -2.25. The van der Waals surface area contributed by atoms with Gasteiger partial charge in [0.05, 0.1) is 6.61 Å². The van der Waals surface area contributed by atoms with Crippen LogP contribution in [0.15, 0.2) is 24.3 Å². The summed E-state index contributed by atoms with van der Waals surface area (Å²) in [4.78, 5) is 43.6. The second kappa shape index (κ2) is 17.8. The van der Waals surface area contributed by atoms with Crippen LogP contribution in [0.1, 0.15) is 57.9 Å². The SMILES string of the molecule is CNOCc1ccc(NC(=O)[C@H](CCCNN)NC(=O)C(NC(=O)CCCCCN)C(C)C)cc1. The molecule has 0 spiro atoms. The van der Waals surface area contributed by atoms with Crippen LogP contribution in [0.5, 0.6) is 0 Å². The molecule has 0 aliphatic carbocycles. The van der Waals surface area contributed by atoms with Crippen LogP contribution in [0, 0.1) is 5.92 Å². The van der Waals surface area contributed by atoms with Crippen molar-refractivity contribution < 1.29 is 19.2 Å². The fraction of sp³-hybridized carbons (Fsp3) is 0.625. The van der Waals surface area contributed by atoms with Crippen LogP contribution in [-0.2, 0) is 25.8 Å². The van der Waals surface area contributed by atoms with Gasteiger partial charge in [-0.15, -0.1) is 0 Å². The minimum atomic E-state index is -0.786. The molecule has 0 aliphatic heterocycles. The molecule has 9 N–H and O–H groups in total. The fourth-order valence-electron chi connectivity index (χ4n) is 3.39. The first-order valence-corrected chi connectivity index (χ1v) is 12.2. The Kier molecular flexibility index (Phi) is 15.5. The molecule has 198 valence electrons. The maximum Gasteiger partial charge on any atom is 0.246 e. The van der Waals surface area contributed by atoms with Crippen molar-refractivity contribution in [1.29, 1.82) is 0 Å². The molecule has 0 saturated heterocycles. The van der Waals surface area contributed by atoms with Crippen molar-refractivity contribution in [3.8, 4) is 0 Å². The Morgan fingerprint density at radius 2 is 1.69 bits per heavy atom. The van der Waals surface area contributed by atoms with Gasteiger partial charge in [-0.25, -0.2) is 5.48 Å². The van der Waals surface area contributed by atoms with Crippen LogP contribution < -0.4 is 38.4 Å². The van der Waals surface area contributed by atoms with E-state index < -0.39 is 18.0 Å². The highest BCUT2D eigenvalue weighted by molar-refractivity contribution is 5.98. The third-order valence-electron chi connectivity index (χ3n) is 5.43. The van der Waals surface area contributed by atoms with Crippen LogP contribution in [0.4, 0.5) is 5.69 Å². The monoisotopic (exact) mass is 493 g/mol. The normalized spacial score (nSPS) is 12.7. The van der Waals surface area contributed by atoms with Gasteiger partial charge in [0.25, 0.3) is 0 Å². The summed E-state index contributed by atoms with van der Waals surface area (Å²) in [6.07, 6.45) is 3.73. The number of nitrogens with two attached hydrogens (primary N) is 2. The van der Waals surface area contributed by atoms with E-state index in [4.69, 9.17) is 16.4 Å². The summed E-state index contributed by atoms with van der Waals surface area (Å²) in [5.74, 6) is 4.29. The summed E-state index contributed by atoms with van der Waals surface area (Å²) in [6, 6.07) is 5.70. The minimum absolute atomic E-state index is 0.148. The molecular formula is C24H43N7O4. The number of hydroxylamine groups is 1. The Labute approximate surface area is 208 Å². The van der Waals surface area contributed by atoms with E-state index in [-0.39, 0.29) is 17.7 Å². The molecule has 0 heterocycles. The standard InChI is InChI=1S/C24H43N7O4/c1-17(2)22(31-21(32)9-5-4-6-14-25)24(34)30-20(8-7-15-28-26)23(33)29-19-12-10-18(11-13-19)16-35-27-3/h10-13,17,20,22,27-28H,4-9,14-16,25-26H2,1-3H3,(H,29,33)(H,30,34)(H,31,32)/t20-,22?/m0/s1. The molecule has 1 aromatic rings. The number of carbonyl (C=O) groups excluding carboxylic acids is 3. The number of unbranched alkanes of at least 4 members (excludes halogenated alkanes) is 2. The Bertz CT molecular complexity index is 759. The predicted molar refractivity (Wildman–Crippen MR) is 137 cm³/mol. The Morgan fingerprint density at radius 1 is 0.971 bits per heavy atom. The van der Waals surface area contributed by atoms with Gasteiger partial charge in [-0.05, 0) is 55.8 Å². The third-order valence-corrected chi connectivity index (χ3v) is 5.43. The van der Waals surface area contributed by atoms with Crippen molar-refractivity contribution >= 4 is 23.4 Å². The lowest BCUT2D eigenvalue weighted by Crippen LogP contribution is -2.54. The topological polar surface area (TPSA) is 173 Å². The molecule has 1 aromatic carbocycles. The van der Waals surface area contributed by atoms with Gasteiger partial charge in [0.15, 0.2) is 0 Å². The van der Waals surface area contributed by atoms with Crippen molar-refractivity contribution in [2.45, 2.75) is 71.1 Å². The largest absolute Gasteiger partial charge is 0.344 e. The molecule has 3 amide bonds. The van der Waals surface area contributed by atoms with Crippen LogP contribution in [0.25, 0.3) is 0 Å². The first-order chi connectivity index (χ1) is 16.8. The Hall–Kier alpha value is -2.57. The summed E-state index contributed by atoms with van der Waals surface area (Å²) in [7, 11) is 1.68. The molecule has 0 aromatic heterocycles. The van der Waals surface area contributed by atoms with Gasteiger partial charge in [0.1, 0.15) is 12.1 Å². The molecule has 1 rings (SSSR count). The smallest absolute Gasteiger partial charge is 0.246 e. The average molecular weight is 494 g/mol. The lowest BCUT2D eigenvalue weighted by molar-refractivity contribution is -0.132. The fourth-order valence-corrected chi connectivity index (χ4v) is 3.39.